The number of methoxy groups -OCH3 is 1. The topological polar surface area (TPSA) is 119 Å². The number of hydrogen-bond acceptors (Lipinski definition) is 7. The highest BCUT2D eigenvalue weighted by molar-refractivity contribution is 6.07. The molecule has 1 N–H and O–H groups in total. The van der Waals surface area contributed by atoms with Crippen LogP contribution in [0, 0.1) is 11.8 Å². The molecule has 0 unspecified atom stereocenters. The van der Waals surface area contributed by atoms with Crippen LogP contribution in [-0.2, 0) is 35.2 Å². The zero-order valence-electron chi connectivity index (χ0n) is 16.5. The number of nitrogens with one attached hydrogen (secondary N) is 1. The highest BCUT2D eigenvalue weighted by Crippen LogP contribution is 2.34. The Balaban J connectivity index is 1.41. The number of hydrogen-bond donors (Lipinski definition) is 1. The predicted octanol–water partition coefficient (Wildman–Crippen LogP) is 0.584. The maximum atomic E-state index is 12.3. The van der Waals surface area contributed by atoms with Crippen LogP contribution in [0.25, 0.3) is 0 Å². The van der Waals surface area contributed by atoms with E-state index in [0.29, 0.717) is 18.4 Å². The monoisotopic (exact) mass is 414 g/mol. The first kappa shape index (κ1) is 21.2. The van der Waals surface area contributed by atoms with Crippen molar-refractivity contribution in [2.75, 3.05) is 20.3 Å². The van der Waals surface area contributed by atoms with E-state index in [9.17, 15) is 24.0 Å². The third-order valence-corrected chi connectivity index (χ3v) is 5.12. The minimum atomic E-state index is -0.819. The van der Waals surface area contributed by atoms with Gasteiger partial charge in [0.05, 0.1) is 24.5 Å². The first-order valence-electron chi connectivity index (χ1n) is 9.50. The predicted molar refractivity (Wildman–Crippen MR) is 103 cm³/mol. The highest BCUT2D eigenvalue weighted by Gasteiger charge is 2.47. The van der Waals surface area contributed by atoms with Gasteiger partial charge in [0.2, 0.25) is 11.8 Å². The molecule has 1 fully saturated rings. The Labute approximate surface area is 173 Å². The summed E-state index contributed by atoms with van der Waals surface area (Å²) in [6, 6.07) is 6.48. The van der Waals surface area contributed by atoms with E-state index in [1.54, 1.807) is 24.3 Å². The van der Waals surface area contributed by atoms with Gasteiger partial charge in [0.15, 0.2) is 6.61 Å². The minimum Gasteiger partial charge on any atom is -0.465 e. The fourth-order valence-corrected chi connectivity index (χ4v) is 3.47. The van der Waals surface area contributed by atoms with E-state index in [1.807, 2.05) is 12.2 Å². The summed E-state index contributed by atoms with van der Waals surface area (Å²) in [6.45, 7) is -0.839. The van der Waals surface area contributed by atoms with Gasteiger partial charge in [-0.15, -0.1) is 0 Å². The lowest BCUT2D eigenvalue weighted by atomic mass is 9.85. The number of allylic oxidation sites excluding steroid dienone is 2. The van der Waals surface area contributed by atoms with Gasteiger partial charge in [-0.2, -0.15) is 0 Å². The third kappa shape index (κ3) is 4.73. The Hall–Kier alpha value is -3.49. The second kappa shape index (κ2) is 9.34. The number of benzene rings is 1. The van der Waals surface area contributed by atoms with Gasteiger partial charge in [-0.05, 0) is 30.5 Å². The van der Waals surface area contributed by atoms with Crippen LogP contribution < -0.4 is 5.32 Å². The molecule has 3 amide bonds. The van der Waals surface area contributed by atoms with Gasteiger partial charge in [-0.1, -0.05) is 24.3 Å². The summed E-state index contributed by atoms with van der Waals surface area (Å²) in [5.74, 6) is -3.37. The molecule has 0 radical (unpaired) electrons. The molecule has 9 heteroatoms. The Morgan fingerprint density at radius 2 is 1.63 bits per heavy atom. The van der Waals surface area contributed by atoms with Gasteiger partial charge in [0, 0.05) is 6.54 Å². The van der Waals surface area contributed by atoms with Crippen molar-refractivity contribution in [3.63, 3.8) is 0 Å². The number of imide groups is 1. The number of likely N-dealkylation sites (tertiary alicyclic amines) is 1. The molecule has 1 aromatic carbocycles. The number of ether oxygens (including phenoxy) is 2. The largest absolute Gasteiger partial charge is 0.465 e. The molecule has 2 atom stereocenters. The summed E-state index contributed by atoms with van der Waals surface area (Å²) in [7, 11) is 1.29. The van der Waals surface area contributed by atoms with Crippen LogP contribution in [0.4, 0.5) is 0 Å². The number of carbonyl (C=O) groups is 5. The Morgan fingerprint density at radius 1 is 1.03 bits per heavy atom. The molecule has 0 saturated carbocycles. The molecule has 1 saturated heterocycles. The fraction of sp³-hybridized carbons (Fsp3) is 0.381. The standard InChI is InChI=1S/C21H22N2O7/c1-29-21(28)14-8-6-13(7-9-14)10-22-17(24)12-30-18(25)11-23-19(26)15-4-2-3-5-16(15)20(23)27/h2-3,6-9,15-16H,4-5,10-12H2,1H3,(H,22,24)/t15-,16-/m0/s1. The van der Waals surface area contributed by atoms with Gasteiger partial charge in [0.1, 0.15) is 6.54 Å². The van der Waals surface area contributed by atoms with Crippen molar-refractivity contribution >= 4 is 29.7 Å². The summed E-state index contributed by atoms with van der Waals surface area (Å²) in [6.07, 6.45) is 4.70. The molecule has 1 aromatic rings. The number of esters is 2. The van der Waals surface area contributed by atoms with Crippen molar-refractivity contribution in [1.82, 2.24) is 10.2 Å². The zero-order chi connectivity index (χ0) is 21.7. The third-order valence-electron chi connectivity index (χ3n) is 5.12. The lowest BCUT2D eigenvalue weighted by molar-refractivity contribution is -0.154. The average molecular weight is 414 g/mol. The van der Waals surface area contributed by atoms with Crippen LogP contribution in [0.15, 0.2) is 36.4 Å². The van der Waals surface area contributed by atoms with E-state index < -0.39 is 42.8 Å². The summed E-state index contributed by atoms with van der Waals surface area (Å²) >= 11 is 0. The molecule has 158 valence electrons. The van der Waals surface area contributed by atoms with Crippen molar-refractivity contribution in [2.45, 2.75) is 19.4 Å². The summed E-state index contributed by atoms with van der Waals surface area (Å²) in [5, 5.41) is 2.58. The second-order valence-corrected chi connectivity index (χ2v) is 7.04. The molecule has 2 aliphatic rings. The van der Waals surface area contributed by atoms with Crippen LogP contribution in [0.2, 0.25) is 0 Å². The van der Waals surface area contributed by atoms with E-state index >= 15 is 0 Å². The lowest BCUT2D eigenvalue weighted by Gasteiger charge is -2.14. The average Bonchev–Trinajstić information content (AvgIpc) is 3.01. The van der Waals surface area contributed by atoms with Crippen molar-refractivity contribution in [1.29, 1.82) is 0 Å². The van der Waals surface area contributed by atoms with Crippen molar-refractivity contribution in [2.24, 2.45) is 11.8 Å². The van der Waals surface area contributed by atoms with Gasteiger partial charge in [-0.25, -0.2) is 4.79 Å². The second-order valence-electron chi connectivity index (χ2n) is 7.04. The van der Waals surface area contributed by atoms with Crippen molar-refractivity contribution in [3.05, 3.63) is 47.5 Å². The molecule has 1 heterocycles. The van der Waals surface area contributed by atoms with Crippen LogP contribution in [0.3, 0.4) is 0 Å². The van der Waals surface area contributed by atoms with Crippen LogP contribution >= 0.6 is 0 Å². The van der Waals surface area contributed by atoms with Crippen molar-refractivity contribution < 1.29 is 33.4 Å². The Morgan fingerprint density at radius 3 is 2.20 bits per heavy atom. The SMILES string of the molecule is COC(=O)c1ccc(CNC(=O)COC(=O)CN2C(=O)[C@H]3CC=CC[C@@H]3C2=O)cc1. The van der Waals surface area contributed by atoms with E-state index in [-0.39, 0.29) is 18.4 Å². The van der Waals surface area contributed by atoms with Gasteiger partial charge >= 0.3 is 11.9 Å². The van der Waals surface area contributed by atoms with Crippen LogP contribution in [-0.4, -0.2) is 54.8 Å². The summed E-state index contributed by atoms with van der Waals surface area (Å²) in [5.41, 5.74) is 1.13. The van der Waals surface area contributed by atoms with Crippen LogP contribution in [0.5, 0.6) is 0 Å². The van der Waals surface area contributed by atoms with Gasteiger partial charge in [-0.3, -0.25) is 24.1 Å². The Bertz CT molecular complexity index is 865. The molecule has 3 rings (SSSR count). The van der Waals surface area contributed by atoms with Crippen molar-refractivity contribution in [3.8, 4) is 0 Å². The molecule has 0 spiro atoms. The molecule has 0 bridgehead atoms. The maximum absolute atomic E-state index is 12.3. The maximum Gasteiger partial charge on any atom is 0.337 e. The van der Waals surface area contributed by atoms with Crippen LogP contribution in [0.1, 0.15) is 28.8 Å². The normalized spacial score (nSPS) is 20.0. The van der Waals surface area contributed by atoms with E-state index in [4.69, 9.17) is 4.74 Å². The van der Waals surface area contributed by atoms with Gasteiger partial charge in [0.25, 0.3) is 5.91 Å². The number of rotatable bonds is 7. The minimum absolute atomic E-state index is 0.178. The molecule has 0 aromatic heterocycles. The van der Waals surface area contributed by atoms with Gasteiger partial charge < -0.3 is 14.8 Å². The first-order valence-corrected chi connectivity index (χ1v) is 9.50. The summed E-state index contributed by atoms with van der Waals surface area (Å²) in [4.78, 5) is 60.8. The van der Waals surface area contributed by atoms with E-state index in [2.05, 4.69) is 10.1 Å². The molecule has 1 aliphatic carbocycles. The quantitative estimate of drug-likeness (QED) is 0.394. The molecule has 30 heavy (non-hydrogen) atoms. The number of carbonyl (C=O) groups excluding carboxylic acids is 5. The molecular formula is C21H22N2O7. The fourth-order valence-electron chi connectivity index (χ4n) is 3.47. The number of amides is 3. The molecule has 9 nitrogen and oxygen atoms in total. The summed E-state index contributed by atoms with van der Waals surface area (Å²) < 4.78 is 9.51. The zero-order valence-corrected chi connectivity index (χ0v) is 16.5. The Kier molecular flexibility index (Phi) is 6.61. The first-order chi connectivity index (χ1) is 14.4. The highest BCUT2D eigenvalue weighted by atomic mass is 16.5. The molecular weight excluding hydrogens is 392 g/mol. The lowest BCUT2D eigenvalue weighted by Crippen LogP contribution is -2.38. The smallest absolute Gasteiger partial charge is 0.337 e. The van der Waals surface area contributed by atoms with E-state index in [1.165, 1.54) is 7.11 Å². The number of nitrogens with zero attached hydrogens (tertiary/aromatic N) is 1. The van der Waals surface area contributed by atoms with E-state index in [0.717, 1.165) is 10.5 Å². The number of fused-ring (bicyclic) bond motifs is 1. The molecule has 1 aliphatic heterocycles.